The molecule has 7 nitrogen and oxygen atoms in total. The second kappa shape index (κ2) is 21.7. The SMILES string of the molecule is C[C@@H](CC[C@H](C/C=C/C(=O)/C=C\[C@H](C)[C@@H](CCCN1C(=O)c2ccccc2C1=O)OCc1ccccc1)OCc1ccccc1)COCc1ccccc1. The molecule has 5 rings (SSSR count). The molecule has 0 fully saturated rings. The zero-order chi connectivity index (χ0) is 38.0. The second-order valence-corrected chi connectivity index (χ2v) is 14.1. The second-order valence-electron chi connectivity index (χ2n) is 14.1. The monoisotopic (exact) mass is 727 g/mol. The van der Waals surface area contributed by atoms with E-state index in [0.29, 0.717) is 69.3 Å². The molecule has 0 radical (unpaired) electrons. The first kappa shape index (κ1) is 40.2. The number of hydrogen-bond donors (Lipinski definition) is 0. The summed E-state index contributed by atoms with van der Waals surface area (Å²) in [6, 6.07) is 37.2. The number of amides is 2. The third-order valence-corrected chi connectivity index (χ3v) is 9.71. The molecule has 0 bridgehead atoms. The zero-order valence-corrected chi connectivity index (χ0v) is 31.6. The van der Waals surface area contributed by atoms with Crippen molar-refractivity contribution >= 4 is 17.6 Å². The van der Waals surface area contributed by atoms with E-state index in [1.807, 2.05) is 85.8 Å². The summed E-state index contributed by atoms with van der Waals surface area (Å²) in [7, 11) is 0. The van der Waals surface area contributed by atoms with Crippen molar-refractivity contribution in [1.29, 1.82) is 0 Å². The Labute approximate surface area is 320 Å². The summed E-state index contributed by atoms with van der Waals surface area (Å²) in [5, 5.41) is 0. The number of ether oxygens (including phenoxy) is 3. The Morgan fingerprint density at radius 1 is 0.648 bits per heavy atom. The Bertz CT molecular complexity index is 1770. The van der Waals surface area contributed by atoms with Crippen LogP contribution in [0.15, 0.2) is 140 Å². The molecular weight excluding hydrogens is 675 g/mol. The first-order valence-corrected chi connectivity index (χ1v) is 19.1. The number of carbonyl (C=O) groups is 3. The van der Waals surface area contributed by atoms with Gasteiger partial charge in [-0.3, -0.25) is 19.3 Å². The summed E-state index contributed by atoms with van der Waals surface area (Å²) in [6.45, 7) is 6.76. The predicted molar refractivity (Wildman–Crippen MR) is 213 cm³/mol. The summed E-state index contributed by atoms with van der Waals surface area (Å²) in [6.07, 6.45) is 10.4. The standard InChI is InChI=1S/C47H53NO6/c1-36(32-52-33-38-16-6-3-7-17-38)27-30-42(53-34-39-18-8-4-9-19-39)23-14-22-41(49)29-28-37(2)45(54-35-40-20-10-5-11-21-40)26-15-31-48-46(50)43-24-12-13-25-44(43)47(48)51/h3-14,16-22,24-25,28-29,36-37,42,45H,15,23,26-27,30-35H2,1-2H3/b22-14+,29-28-/t36-,37-,42-,45+/m0/s1. The topological polar surface area (TPSA) is 82.1 Å². The first-order chi connectivity index (χ1) is 26.4. The molecule has 282 valence electrons. The number of benzene rings is 4. The van der Waals surface area contributed by atoms with Crippen molar-refractivity contribution in [3.05, 3.63) is 167 Å². The van der Waals surface area contributed by atoms with E-state index in [-0.39, 0.29) is 35.7 Å². The fourth-order valence-corrected chi connectivity index (χ4v) is 6.49. The van der Waals surface area contributed by atoms with Gasteiger partial charge in [-0.05, 0) is 79.0 Å². The van der Waals surface area contributed by atoms with Crippen LogP contribution >= 0.6 is 0 Å². The molecule has 0 aliphatic carbocycles. The lowest BCUT2D eigenvalue weighted by atomic mass is 9.98. The van der Waals surface area contributed by atoms with Gasteiger partial charge in [0.05, 0.1) is 43.2 Å². The fourth-order valence-electron chi connectivity index (χ4n) is 6.49. The normalized spacial score (nSPS) is 15.1. The molecule has 4 aromatic rings. The Morgan fingerprint density at radius 3 is 1.78 bits per heavy atom. The van der Waals surface area contributed by atoms with Crippen LogP contribution < -0.4 is 0 Å². The lowest BCUT2D eigenvalue weighted by Crippen LogP contribution is -2.32. The molecule has 0 aromatic heterocycles. The van der Waals surface area contributed by atoms with Crippen molar-refractivity contribution in [2.24, 2.45) is 11.8 Å². The maximum atomic E-state index is 13.0. The highest BCUT2D eigenvalue weighted by atomic mass is 16.5. The number of nitrogens with zero attached hydrogens (tertiary/aromatic N) is 1. The minimum atomic E-state index is -0.252. The van der Waals surface area contributed by atoms with Gasteiger partial charge >= 0.3 is 0 Å². The van der Waals surface area contributed by atoms with Gasteiger partial charge in [0.15, 0.2) is 5.78 Å². The largest absolute Gasteiger partial charge is 0.376 e. The number of carbonyl (C=O) groups excluding carboxylic acids is 3. The number of fused-ring (bicyclic) bond motifs is 1. The maximum Gasteiger partial charge on any atom is 0.261 e. The molecule has 2 amide bonds. The average Bonchev–Trinajstić information content (AvgIpc) is 3.45. The van der Waals surface area contributed by atoms with Gasteiger partial charge in [-0.15, -0.1) is 0 Å². The van der Waals surface area contributed by atoms with Crippen LogP contribution in [0.3, 0.4) is 0 Å². The highest BCUT2D eigenvalue weighted by Gasteiger charge is 2.34. The molecule has 1 heterocycles. The van der Waals surface area contributed by atoms with Crippen LogP contribution in [0.1, 0.15) is 83.4 Å². The highest BCUT2D eigenvalue weighted by molar-refractivity contribution is 6.21. The van der Waals surface area contributed by atoms with Crippen LogP contribution in [0, 0.1) is 11.8 Å². The molecule has 0 saturated carbocycles. The van der Waals surface area contributed by atoms with Crippen LogP contribution in [0.4, 0.5) is 0 Å². The van der Waals surface area contributed by atoms with Crippen molar-refractivity contribution in [3.63, 3.8) is 0 Å². The van der Waals surface area contributed by atoms with Crippen molar-refractivity contribution in [2.45, 2.75) is 78.0 Å². The van der Waals surface area contributed by atoms with Gasteiger partial charge in [0.25, 0.3) is 11.8 Å². The smallest absolute Gasteiger partial charge is 0.261 e. The molecule has 0 N–H and O–H groups in total. The van der Waals surface area contributed by atoms with Crippen molar-refractivity contribution in [3.8, 4) is 0 Å². The number of ketones is 1. The van der Waals surface area contributed by atoms with E-state index in [4.69, 9.17) is 14.2 Å². The molecule has 1 aliphatic rings. The number of allylic oxidation sites excluding steroid dienone is 2. The molecule has 0 unspecified atom stereocenters. The van der Waals surface area contributed by atoms with E-state index in [1.54, 1.807) is 36.4 Å². The van der Waals surface area contributed by atoms with Gasteiger partial charge in [0, 0.05) is 19.1 Å². The van der Waals surface area contributed by atoms with Gasteiger partial charge in [0.2, 0.25) is 0 Å². The van der Waals surface area contributed by atoms with E-state index < -0.39 is 0 Å². The van der Waals surface area contributed by atoms with E-state index in [1.165, 1.54) is 10.5 Å². The Kier molecular flexibility index (Phi) is 16.2. The molecule has 4 aromatic carbocycles. The van der Waals surface area contributed by atoms with Gasteiger partial charge in [-0.2, -0.15) is 0 Å². The maximum absolute atomic E-state index is 13.0. The van der Waals surface area contributed by atoms with Gasteiger partial charge in [-0.25, -0.2) is 0 Å². The zero-order valence-electron chi connectivity index (χ0n) is 31.6. The van der Waals surface area contributed by atoms with Crippen molar-refractivity contribution in [1.82, 2.24) is 4.90 Å². The van der Waals surface area contributed by atoms with Gasteiger partial charge in [-0.1, -0.05) is 129 Å². The van der Waals surface area contributed by atoms with Crippen LogP contribution in [0.25, 0.3) is 0 Å². The minimum absolute atomic E-state index is 0.0355. The molecular formula is C47H53NO6. The summed E-state index contributed by atoms with van der Waals surface area (Å²) >= 11 is 0. The van der Waals surface area contributed by atoms with Crippen LogP contribution in [0.2, 0.25) is 0 Å². The van der Waals surface area contributed by atoms with Gasteiger partial charge in [0.1, 0.15) is 0 Å². The van der Waals surface area contributed by atoms with Gasteiger partial charge < -0.3 is 14.2 Å². The summed E-state index contributed by atoms with van der Waals surface area (Å²) in [5.74, 6) is -0.313. The average molecular weight is 728 g/mol. The van der Waals surface area contributed by atoms with E-state index in [0.717, 1.165) is 24.0 Å². The number of imide groups is 1. The van der Waals surface area contributed by atoms with Crippen LogP contribution in [-0.4, -0.2) is 47.9 Å². The Morgan fingerprint density at radius 2 is 1.19 bits per heavy atom. The van der Waals surface area contributed by atoms with Crippen molar-refractivity contribution < 1.29 is 28.6 Å². The molecule has 1 aliphatic heterocycles. The number of rotatable bonds is 23. The van der Waals surface area contributed by atoms with Crippen molar-refractivity contribution in [2.75, 3.05) is 13.2 Å². The fraction of sp³-hybridized carbons (Fsp3) is 0.340. The summed E-state index contributed by atoms with van der Waals surface area (Å²) in [5.41, 5.74) is 4.24. The lowest BCUT2D eigenvalue weighted by molar-refractivity contribution is -0.110. The van der Waals surface area contributed by atoms with E-state index in [2.05, 4.69) is 31.2 Å². The first-order valence-electron chi connectivity index (χ1n) is 19.1. The van der Waals surface area contributed by atoms with Crippen LogP contribution in [-0.2, 0) is 38.8 Å². The molecule has 4 atom stereocenters. The van der Waals surface area contributed by atoms with E-state index >= 15 is 0 Å². The van der Waals surface area contributed by atoms with Crippen LogP contribution in [0.5, 0.6) is 0 Å². The third kappa shape index (κ3) is 12.9. The molecule has 0 saturated heterocycles. The minimum Gasteiger partial charge on any atom is -0.376 e. The molecule has 54 heavy (non-hydrogen) atoms. The Hall–Kier alpha value is -4.95. The molecule has 7 heteroatoms. The number of hydrogen-bond acceptors (Lipinski definition) is 6. The third-order valence-electron chi connectivity index (χ3n) is 9.71. The van der Waals surface area contributed by atoms with E-state index in [9.17, 15) is 14.4 Å². The Balaban J connectivity index is 1.13. The highest BCUT2D eigenvalue weighted by Crippen LogP contribution is 2.24. The summed E-state index contributed by atoms with van der Waals surface area (Å²) < 4.78 is 18.7. The summed E-state index contributed by atoms with van der Waals surface area (Å²) in [4.78, 5) is 40.1. The molecule has 0 spiro atoms. The predicted octanol–water partition coefficient (Wildman–Crippen LogP) is 9.57. The quantitative estimate of drug-likeness (QED) is 0.0559. The lowest BCUT2D eigenvalue weighted by Gasteiger charge is -2.23.